The van der Waals surface area contributed by atoms with Gasteiger partial charge in [0.05, 0.1) is 14.2 Å². The van der Waals surface area contributed by atoms with E-state index in [1.807, 2.05) is 13.8 Å². The van der Waals surface area contributed by atoms with Gasteiger partial charge in [0.2, 0.25) is 0 Å². The Morgan fingerprint density at radius 2 is 1.79 bits per heavy atom. The van der Waals surface area contributed by atoms with E-state index in [1.165, 1.54) is 7.11 Å². The Labute approximate surface area is 83.6 Å². The number of hydrogen-bond donors (Lipinski definition) is 0. The van der Waals surface area contributed by atoms with E-state index in [-0.39, 0.29) is 17.5 Å². The van der Waals surface area contributed by atoms with E-state index in [1.54, 1.807) is 19.2 Å². The lowest BCUT2D eigenvalue weighted by atomic mass is 10.0. The minimum Gasteiger partial charge on any atom is -0.497 e. The van der Waals surface area contributed by atoms with Gasteiger partial charge < -0.3 is 9.47 Å². The number of benzene rings is 1. The van der Waals surface area contributed by atoms with Gasteiger partial charge in [0, 0.05) is 6.07 Å². The van der Waals surface area contributed by atoms with Gasteiger partial charge in [-0.05, 0) is 17.5 Å². The van der Waals surface area contributed by atoms with Crippen LogP contribution < -0.4 is 9.47 Å². The van der Waals surface area contributed by atoms with Crippen molar-refractivity contribution < 1.29 is 13.9 Å². The molecule has 0 unspecified atom stereocenters. The van der Waals surface area contributed by atoms with Crippen molar-refractivity contribution in [3.8, 4) is 11.5 Å². The maximum atomic E-state index is 13.7. The lowest BCUT2D eigenvalue weighted by Gasteiger charge is -2.12. The summed E-state index contributed by atoms with van der Waals surface area (Å²) in [5.74, 6) is 0.655. The Morgan fingerprint density at radius 1 is 1.14 bits per heavy atom. The van der Waals surface area contributed by atoms with Crippen LogP contribution in [0.2, 0.25) is 0 Å². The number of methoxy groups -OCH3 is 2. The average Bonchev–Trinajstić information content (AvgIpc) is 2.17. The van der Waals surface area contributed by atoms with Gasteiger partial charge in [0.25, 0.3) is 0 Å². The monoisotopic (exact) mass is 198 g/mol. The molecule has 0 spiro atoms. The third kappa shape index (κ3) is 1.97. The van der Waals surface area contributed by atoms with Gasteiger partial charge in [-0.15, -0.1) is 0 Å². The third-order valence-corrected chi connectivity index (χ3v) is 2.12. The molecular formula is C11H15FO2. The minimum atomic E-state index is -0.302. The van der Waals surface area contributed by atoms with E-state index in [4.69, 9.17) is 9.47 Å². The molecule has 78 valence electrons. The quantitative estimate of drug-likeness (QED) is 0.743. The van der Waals surface area contributed by atoms with Crippen molar-refractivity contribution in [2.24, 2.45) is 0 Å². The molecule has 2 nitrogen and oxygen atoms in total. The van der Waals surface area contributed by atoms with Crippen LogP contribution in [0.1, 0.15) is 25.3 Å². The Hall–Kier alpha value is -1.25. The number of hydrogen-bond acceptors (Lipinski definition) is 2. The van der Waals surface area contributed by atoms with Crippen molar-refractivity contribution in [2.45, 2.75) is 19.8 Å². The fourth-order valence-corrected chi connectivity index (χ4v) is 1.28. The molecule has 0 saturated heterocycles. The predicted octanol–water partition coefficient (Wildman–Crippen LogP) is 2.97. The highest BCUT2D eigenvalue weighted by Crippen LogP contribution is 2.31. The summed E-state index contributed by atoms with van der Waals surface area (Å²) < 4.78 is 23.6. The van der Waals surface area contributed by atoms with Crippen molar-refractivity contribution >= 4 is 0 Å². The van der Waals surface area contributed by atoms with Gasteiger partial charge in [-0.25, -0.2) is 4.39 Å². The molecule has 0 N–H and O–H groups in total. The first-order chi connectivity index (χ1) is 6.60. The maximum absolute atomic E-state index is 13.7. The molecule has 0 amide bonds. The summed E-state index contributed by atoms with van der Waals surface area (Å²) in [7, 11) is 3.00. The SMILES string of the molecule is COc1cc(OC)c(F)c(C(C)C)c1. The summed E-state index contributed by atoms with van der Waals surface area (Å²) >= 11 is 0. The largest absolute Gasteiger partial charge is 0.497 e. The summed E-state index contributed by atoms with van der Waals surface area (Å²) in [6.45, 7) is 3.86. The fraction of sp³-hybridized carbons (Fsp3) is 0.455. The number of rotatable bonds is 3. The molecule has 14 heavy (non-hydrogen) atoms. The highest BCUT2D eigenvalue weighted by molar-refractivity contribution is 5.41. The second kappa shape index (κ2) is 4.31. The average molecular weight is 198 g/mol. The maximum Gasteiger partial charge on any atom is 0.168 e. The molecule has 1 aromatic carbocycles. The Kier molecular flexibility index (Phi) is 3.33. The second-order valence-electron chi connectivity index (χ2n) is 3.39. The van der Waals surface area contributed by atoms with Crippen LogP contribution >= 0.6 is 0 Å². The zero-order valence-corrected chi connectivity index (χ0v) is 8.93. The Balaban J connectivity index is 3.27. The van der Waals surface area contributed by atoms with Gasteiger partial charge in [-0.3, -0.25) is 0 Å². The van der Waals surface area contributed by atoms with E-state index in [0.717, 1.165) is 0 Å². The van der Waals surface area contributed by atoms with Gasteiger partial charge in [0.1, 0.15) is 5.75 Å². The molecule has 0 radical (unpaired) electrons. The molecule has 1 aromatic rings. The molecule has 0 atom stereocenters. The second-order valence-corrected chi connectivity index (χ2v) is 3.39. The highest BCUT2D eigenvalue weighted by Gasteiger charge is 2.14. The molecule has 3 heteroatoms. The van der Waals surface area contributed by atoms with E-state index in [9.17, 15) is 4.39 Å². The van der Waals surface area contributed by atoms with Crippen molar-refractivity contribution in [3.63, 3.8) is 0 Å². The van der Waals surface area contributed by atoms with Crippen LogP contribution in [0.25, 0.3) is 0 Å². The molecule has 0 aliphatic carbocycles. The fourth-order valence-electron chi connectivity index (χ4n) is 1.28. The van der Waals surface area contributed by atoms with E-state index in [0.29, 0.717) is 11.3 Å². The smallest absolute Gasteiger partial charge is 0.168 e. The molecular weight excluding hydrogens is 183 g/mol. The number of ether oxygens (including phenoxy) is 2. The first-order valence-electron chi connectivity index (χ1n) is 4.51. The van der Waals surface area contributed by atoms with Crippen LogP contribution in [-0.4, -0.2) is 14.2 Å². The van der Waals surface area contributed by atoms with Gasteiger partial charge in [0.15, 0.2) is 11.6 Å². The molecule has 0 aromatic heterocycles. The molecule has 1 rings (SSSR count). The molecule has 0 fully saturated rings. The number of halogens is 1. The zero-order valence-electron chi connectivity index (χ0n) is 8.93. The van der Waals surface area contributed by atoms with Gasteiger partial charge >= 0.3 is 0 Å². The van der Waals surface area contributed by atoms with Crippen molar-refractivity contribution in [2.75, 3.05) is 14.2 Å². The molecule has 0 saturated carbocycles. The lowest BCUT2D eigenvalue weighted by Crippen LogP contribution is -1.98. The Bertz CT molecular complexity index is 321. The first-order valence-corrected chi connectivity index (χ1v) is 4.51. The van der Waals surface area contributed by atoms with E-state index in [2.05, 4.69) is 0 Å². The summed E-state index contributed by atoms with van der Waals surface area (Å²) in [4.78, 5) is 0. The lowest BCUT2D eigenvalue weighted by molar-refractivity contribution is 0.370. The predicted molar refractivity (Wildman–Crippen MR) is 53.6 cm³/mol. The Morgan fingerprint density at radius 3 is 2.21 bits per heavy atom. The molecule has 0 bridgehead atoms. The first kappa shape index (κ1) is 10.8. The highest BCUT2D eigenvalue weighted by atomic mass is 19.1. The summed E-state index contributed by atoms with van der Waals surface area (Å²) in [6, 6.07) is 3.24. The summed E-state index contributed by atoms with van der Waals surface area (Å²) in [6.07, 6.45) is 0. The van der Waals surface area contributed by atoms with Crippen LogP contribution in [-0.2, 0) is 0 Å². The summed E-state index contributed by atoms with van der Waals surface area (Å²) in [5.41, 5.74) is 0.612. The van der Waals surface area contributed by atoms with Crippen LogP contribution in [0.3, 0.4) is 0 Å². The molecule has 0 heterocycles. The summed E-state index contributed by atoms with van der Waals surface area (Å²) in [5, 5.41) is 0. The zero-order chi connectivity index (χ0) is 10.7. The molecule has 0 aliphatic heterocycles. The van der Waals surface area contributed by atoms with E-state index >= 15 is 0 Å². The molecule has 0 aliphatic rings. The van der Waals surface area contributed by atoms with Crippen LogP contribution in [0, 0.1) is 5.82 Å². The van der Waals surface area contributed by atoms with Crippen LogP contribution in [0.5, 0.6) is 11.5 Å². The van der Waals surface area contributed by atoms with Crippen molar-refractivity contribution in [1.29, 1.82) is 0 Å². The minimum absolute atomic E-state index is 0.110. The standard InChI is InChI=1S/C11H15FO2/c1-7(2)9-5-8(13-3)6-10(14-4)11(9)12/h5-7H,1-4H3. The van der Waals surface area contributed by atoms with Crippen molar-refractivity contribution in [1.82, 2.24) is 0 Å². The normalized spacial score (nSPS) is 10.4. The van der Waals surface area contributed by atoms with Gasteiger partial charge in [-0.2, -0.15) is 0 Å². The van der Waals surface area contributed by atoms with E-state index < -0.39 is 0 Å². The topological polar surface area (TPSA) is 18.5 Å². The van der Waals surface area contributed by atoms with Crippen LogP contribution in [0.4, 0.5) is 4.39 Å². The van der Waals surface area contributed by atoms with Crippen LogP contribution in [0.15, 0.2) is 12.1 Å². The third-order valence-electron chi connectivity index (χ3n) is 2.12. The van der Waals surface area contributed by atoms with Crippen molar-refractivity contribution in [3.05, 3.63) is 23.5 Å². The van der Waals surface area contributed by atoms with Gasteiger partial charge in [-0.1, -0.05) is 13.8 Å².